The van der Waals surface area contributed by atoms with E-state index in [1.54, 1.807) is 0 Å². The summed E-state index contributed by atoms with van der Waals surface area (Å²) in [6.07, 6.45) is 6.78. The Labute approximate surface area is 138 Å². The molecule has 1 N–H and O–H groups in total. The maximum absolute atomic E-state index is 9.83. The van der Waals surface area contributed by atoms with Crippen molar-refractivity contribution in [2.75, 3.05) is 19.7 Å². The van der Waals surface area contributed by atoms with Gasteiger partial charge in [0.2, 0.25) is 0 Å². The van der Waals surface area contributed by atoms with Crippen molar-refractivity contribution in [2.45, 2.75) is 24.9 Å². The molecular weight excluding hydrogens is 282 g/mol. The summed E-state index contributed by atoms with van der Waals surface area (Å²) in [7, 11) is 0. The van der Waals surface area contributed by atoms with E-state index in [9.17, 15) is 5.11 Å². The van der Waals surface area contributed by atoms with Crippen molar-refractivity contribution in [2.24, 2.45) is 0 Å². The third-order valence-electron chi connectivity index (χ3n) is 6.16. The standard InChI is InChI=1S/C21H22NO/c1-3-12-22(13-14-23)20-15-16-8-4-6-10-18(16)21(22,2)19-11-7-5-9-17(19)20/h1,4-11,20,23H,12-15H2,2H3/q+1/t20-,21+,22-/m1/s1. The number of quaternary nitrogens is 1. The highest BCUT2D eigenvalue weighted by Gasteiger charge is 2.63. The number of hydrogen-bond acceptors (Lipinski definition) is 1. The summed E-state index contributed by atoms with van der Waals surface area (Å²) >= 11 is 0. The van der Waals surface area contributed by atoms with E-state index in [2.05, 4.69) is 61.4 Å². The van der Waals surface area contributed by atoms with Gasteiger partial charge in [-0.25, -0.2) is 0 Å². The van der Waals surface area contributed by atoms with Crippen LogP contribution >= 0.6 is 0 Å². The Kier molecular flexibility index (Phi) is 3.13. The first kappa shape index (κ1) is 14.5. The number of hydrogen-bond donors (Lipinski definition) is 1. The van der Waals surface area contributed by atoms with Gasteiger partial charge in [-0.15, -0.1) is 6.42 Å². The van der Waals surface area contributed by atoms with E-state index >= 15 is 0 Å². The first-order chi connectivity index (χ1) is 11.2. The van der Waals surface area contributed by atoms with E-state index < -0.39 is 0 Å². The summed E-state index contributed by atoms with van der Waals surface area (Å²) in [4.78, 5) is 0. The van der Waals surface area contributed by atoms with Crippen LogP contribution in [0.3, 0.4) is 0 Å². The molecule has 2 aromatic rings. The van der Waals surface area contributed by atoms with E-state index in [-0.39, 0.29) is 12.1 Å². The molecule has 0 aliphatic carbocycles. The van der Waals surface area contributed by atoms with E-state index in [4.69, 9.17) is 6.42 Å². The topological polar surface area (TPSA) is 20.2 Å². The van der Waals surface area contributed by atoms with Gasteiger partial charge in [-0.2, -0.15) is 0 Å². The second-order valence-corrected chi connectivity index (χ2v) is 6.88. The van der Waals surface area contributed by atoms with Crippen molar-refractivity contribution in [3.05, 3.63) is 70.8 Å². The van der Waals surface area contributed by atoms with Crippen LogP contribution in [-0.4, -0.2) is 29.3 Å². The van der Waals surface area contributed by atoms with Gasteiger partial charge in [0.1, 0.15) is 24.7 Å². The largest absolute Gasteiger partial charge is 0.391 e. The lowest BCUT2D eigenvalue weighted by Crippen LogP contribution is -2.63. The summed E-state index contributed by atoms with van der Waals surface area (Å²) < 4.78 is 0.746. The fourth-order valence-electron chi connectivity index (χ4n) is 5.17. The number of nitrogens with zero attached hydrogens (tertiary/aromatic N) is 1. The number of fused-ring (bicyclic) bond motifs is 7. The Morgan fingerprint density at radius 2 is 1.87 bits per heavy atom. The quantitative estimate of drug-likeness (QED) is 0.683. The summed E-state index contributed by atoms with van der Waals surface area (Å²) in [5.41, 5.74) is 5.36. The molecule has 116 valence electrons. The Morgan fingerprint density at radius 1 is 1.17 bits per heavy atom. The second-order valence-electron chi connectivity index (χ2n) is 6.88. The van der Waals surface area contributed by atoms with Crippen molar-refractivity contribution < 1.29 is 9.59 Å². The minimum absolute atomic E-state index is 0.157. The van der Waals surface area contributed by atoms with Crippen molar-refractivity contribution >= 4 is 0 Å². The van der Waals surface area contributed by atoms with Crippen molar-refractivity contribution in [3.63, 3.8) is 0 Å². The Morgan fingerprint density at radius 3 is 2.61 bits per heavy atom. The molecule has 0 spiro atoms. The molecule has 2 bridgehead atoms. The van der Waals surface area contributed by atoms with E-state index in [1.165, 1.54) is 22.3 Å². The molecule has 3 atom stereocenters. The lowest BCUT2D eigenvalue weighted by atomic mass is 9.78. The van der Waals surface area contributed by atoms with E-state index in [1.807, 2.05) is 0 Å². The molecular formula is C21H22NO+. The van der Waals surface area contributed by atoms with Gasteiger partial charge in [0.05, 0.1) is 6.61 Å². The summed E-state index contributed by atoms with van der Waals surface area (Å²) in [5, 5.41) is 9.83. The minimum atomic E-state index is -0.189. The normalized spacial score (nSPS) is 30.4. The first-order valence-corrected chi connectivity index (χ1v) is 8.28. The van der Waals surface area contributed by atoms with Crippen molar-refractivity contribution in [1.29, 1.82) is 0 Å². The smallest absolute Gasteiger partial charge is 0.150 e. The van der Waals surface area contributed by atoms with Gasteiger partial charge in [0, 0.05) is 23.1 Å². The number of terminal acetylenes is 1. The number of rotatable bonds is 3. The van der Waals surface area contributed by atoms with Crippen LogP contribution in [0.25, 0.3) is 0 Å². The van der Waals surface area contributed by atoms with Gasteiger partial charge in [-0.1, -0.05) is 48.5 Å². The Balaban J connectivity index is 2.07. The lowest BCUT2D eigenvalue weighted by molar-refractivity contribution is -0.992. The molecule has 2 aliphatic rings. The molecule has 2 aliphatic heterocycles. The lowest BCUT2D eigenvalue weighted by Gasteiger charge is -2.53. The van der Waals surface area contributed by atoms with E-state index in [0.717, 1.165) is 10.9 Å². The molecule has 0 fully saturated rings. The van der Waals surface area contributed by atoms with Crippen LogP contribution in [0.5, 0.6) is 0 Å². The van der Waals surface area contributed by atoms with Crippen molar-refractivity contribution in [1.82, 2.24) is 0 Å². The van der Waals surface area contributed by atoms with Gasteiger partial charge in [0.15, 0.2) is 0 Å². The monoisotopic (exact) mass is 304 g/mol. The maximum atomic E-state index is 9.83. The number of benzene rings is 2. The zero-order valence-electron chi connectivity index (χ0n) is 13.5. The SMILES string of the molecule is C#CC[N@@+]1(CCO)[C@@H]2Cc3ccccc3[C@@]1(C)c1ccccc12. The summed E-state index contributed by atoms with van der Waals surface area (Å²) in [5.74, 6) is 2.92. The van der Waals surface area contributed by atoms with Gasteiger partial charge in [0.25, 0.3) is 0 Å². The molecule has 2 aromatic carbocycles. The first-order valence-electron chi connectivity index (χ1n) is 8.28. The third kappa shape index (κ3) is 1.62. The van der Waals surface area contributed by atoms with Crippen LogP contribution in [0.15, 0.2) is 48.5 Å². The molecule has 0 unspecified atom stereocenters. The van der Waals surface area contributed by atoms with Crippen LogP contribution in [0.2, 0.25) is 0 Å². The van der Waals surface area contributed by atoms with Crippen molar-refractivity contribution in [3.8, 4) is 12.3 Å². The number of aliphatic hydroxyl groups is 1. The van der Waals surface area contributed by atoms with Crippen LogP contribution in [-0.2, 0) is 12.0 Å². The van der Waals surface area contributed by atoms with Gasteiger partial charge in [-0.3, -0.25) is 4.48 Å². The summed E-state index contributed by atoms with van der Waals surface area (Å²) in [6.45, 7) is 3.81. The maximum Gasteiger partial charge on any atom is 0.150 e. The molecule has 0 saturated heterocycles. The average Bonchev–Trinajstić information content (AvgIpc) is 2.70. The Bertz CT molecular complexity index is 792. The molecule has 2 heteroatoms. The Hall–Kier alpha value is -2.08. The molecule has 4 rings (SSSR count). The predicted octanol–water partition coefficient (Wildman–Crippen LogP) is 3.00. The molecule has 0 saturated carbocycles. The third-order valence-corrected chi connectivity index (χ3v) is 6.16. The highest BCUT2D eigenvalue weighted by molar-refractivity contribution is 5.51. The summed E-state index contributed by atoms with van der Waals surface area (Å²) in [6, 6.07) is 17.8. The molecule has 2 heterocycles. The van der Waals surface area contributed by atoms with Crippen LogP contribution in [0, 0.1) is 12.3 Å². The average molecular weight is 304 g/mol. The molecule has 0 radical (unpaired) electrons. The van der Waals surface area contributed by atoms with Crippen LogP contribution in [0.1, 0.15) is 35.2 Å². The second kappa shape index (κ2) is 4.96. The zero-order valence-corrected chi connectivity index (χ0v) is 13.5. The fourth-order valence-corrected chi connectivity index (χ4v) is 5.17. The predicted molar refractivity (Wildman–Crippen MR) is 91.7 cm³/mol. The van der Waals surface area contributed by atoms with Gasteiger partial charge >= 0.3 is 0 Å². The van der Waals surface area contributed by atoms with Gasteiger partial charge < -0.3 is 5.11 Å². The highest BCUT2D eigenvalue weighted by Crippen LogP contribution is 2.60. The molecule has 0 amide bonds. The van der Waals surface area contributed by atoms with Crippen LogP contribution < -0.4 is 0 Å². The highest BCUT2D eigenvalue weighted by atomic mass is 16.3. The fraction of sp³-hybridized carbons (Fsp3) is 0.333. The van der Waals surface area contributed by atoms with E-state index in [0.29, 0.717) is 19.1 Å². The molecule has 2 nitrogen and oxygen atoms in total. The number of aliphatic hydroxyl groups excluding tert-OH is 1. The van der Waals surface area contributed by atoms with Crippen LogP contribution in [0.4, 0.5) is 0 Å². The van der Waals surface area contributed by atoms with Gasteiger partial charge in [-0.05, 0) is 18.4 Å². The minimum Gasteiger partial charge on any atom is -0.391 e. The molecule has 23 heavy (non-hydrogen) atoms. The zero-order chi connectivity index (χ0) is 16.1. The molecule has 0 aromatic heterocycles.